The first-order chi connectivity index (χ1) is 50.2. The fourth-order valence-corrected chi connectivity index (χ4v) is 13.1. The average molecular weight is 1430 g/mol. The summed E-state index contributed by atoms with van der Waals surface area (Å²) < 4.78 is 27.7. The van der Waals surface area contributed by atoms with E-state index < -0.39 is 40.7 Å². The van der Waals surface area contributed by atoms with Crippen LogP contribution in [0.15, 0.2) is 158 Å². The Morgan fingerprint density at radius 2 is 0.821 bits per heavy atom. The van der Waals surface area contributed by atoms with Crippen LogP contribution in [0.1, 0.15) is 196 Å². The fraction of sp³-hybridized carbons (Fsp3) is 0.386. The summed E-state index contributed by atoms with van der Waals surface area (Å²) in [5.74, 6) is -0.391. The van der Waals surface area contributed by atoms with Crippen molar-refractivity contribution in [3.8, 4) is 22.5 Å². The lowest BCUT2D eigenvalue weighted by molar-refractivity contribution is -0.538. The summed E-state index contributed by atoms with van der Waals surface area (Å²) in [7, 11) is 0. The van der Waals surface area contributed by atoms with Crippen LogP contribution in [-0.2, 0) is 30.2 Å². The molecule has 0 atom stereocenters. The molecule has 0 unspecified atom stereocenters. The molecule has 2 aromatic heterocycles. The summed E-state index contributed by atoms with van der Waals surface area (Å²) in [5.41, 5.74) is 14.5. The van der Waals surface area contributed by atoms with Gasteiger partial charge in [-0.1, -0.05) is 105 Å². The van der Waals surface area contributed by atoms with E-state index in [-0.39, 0.29) is 24.1 Å². The summed E-state index contributed by atoms with van der Waals surface area (Å²) in [5, 5.41) is 6.02. The molecule has 0 aliphatic carbocycles. The molecule has 0 spiro atoms. The Hall–Kier alpha value is -10.6. The van der Waals surface area contributed by atoms with E-state index in [2.05, 4.69) is 19.8 Å². The molecule has 10 rings (SSSR count). The molecule has 2 N–H and O–H groups in total. The number of nitrogens with zero attached hydrogens (tertiary/aromatic N) is 6. The van der Waals surface area contributed by atoms with Gasteiger partial charge in [-0.25, -0.2) is 24.4 Å². The molecule has 0 saturated carbocycles. The molecule has 0 radical (unpaired) electrons. The number of carbonyl (C=O) groups excluding carboxylic acids is 6. The van der Waals surface area contributed by atoms with Crippen molar-refractivity contribution in [1.29, 1.82) is 0 Å². The lowest BCUT2D eigenvalue weighted by Crippen LogP contribution is -2.38. The van der Waals surface area contributed by atoms with Crippen LogP contribution in [0.25, 0.3) is 66.6 Å². The zero-order valence-corrected chi connectivity index (χ0v) is 64.7. The number of Topliss-reactive ketones (excluding diaryl/α,β-unsaturated/α-hetero) is 1. The van der Waals surface area contributed by atoms with Gasteiger partial charge >= 0.3 is 24.2 Å². The van der Waals surface area contributed by atoms with Crippen LogP contribution >= 0.6 is 0 Å². The molecule has 8 aromatic carbocycles. The Kier molecular flexibility index (Phi) is 24.4. The molecule has 18 nitrogen and oxygen atoms in total. The monoisotopic (exact) mass is 1430 g/mol. The molecule has 554 valence electrons. The zero-order valence-electron chi connectivity index (χ0n) is 64.7. The first-order valence-electron chi connectivity index (χ1n) is 37.1. The molecule has 0 aliphatic rings. The summed E-state index contributed by atoms with van der Waals surface area (Å²) >= 11 is 0. The Labute approximate surface area is 623 Å². The minimum absolute atomic E-state index is 0.0790. The molecular formula is C88H104N8O10+2. The molecule has 4 amide bonds. The van der Waals surface area contributed by atoms with E-state index in [0.717, 1.165) is 139 Å². The predicted molar refractivity (Wildman–Crippen MR) is 422 cm³/mol. The fourth-order valence-electron chi connectivity index (χ4n) is 13.1. The highest BCUT2D eigenvalue weighted by Gasteiger charge is 2.32. The highest BCUT2D eigenvalue weighted by molar-refractivity contribution is 5.98. The predicted octanol–water partition coefficient (Wildman–Crippen LogP) is 19.5. The van der Waals surface area contributed by atoms with Crippen LogP contribution in [0.2, 0.25) is 0 Å². The number of hydrogen-bond donors (Lipinski definition) is 2. The maximum absolute atomic E-state index is 14.2. The van der Waals surface area contributed by atoms with Crippen molar-refractivity contribution in [2.45, 2.75) is 204 Å². The first-order valence-corrected chi connectivity index (χ1v) is 37.1. The van der Waals surface area contributed by atoms with Gasteiger partial charge in [0.2, 0.25) is 33.4 Å². The third kappa shape index (κ3) is 20.5. The lowest BCUT2D eigenvalue weighted by atomic mass is 9.99. The second-order valence-corrected chi connectivity index (χ2v) is 31.7. The van der Waals surface area contributed by atoms with Crippen molar-refractivity contribution in [1.82, 2.24) is 15.3 Å². The molecule has 0 bridgehead atoms. The van der Waals surface area contributed by atoms with E-state index in [1.165, 1.54) is 0 Å². The van der Waals surface area contributed by atoms with Gasteiger partial charge in [-0.3, -0.25) is 29.5 Å². The number of para-hydroxylation sites is 2. The number of unbranched alkanes of at least 4 members (excludes halogenated alkanes) is 7. The summed E-state index contributed by atoms with van der Waals surface area (Å²) in [6.07, 6.45) is 6.17. The highest BCUT2D eigenvalue weighted by atomic mass is 16.6. The summed E-state index contributed by atoms with van der Waals surface area (Å²) in [4.78, 5) is 95.2. The quantitative estimate of drug-likeness (QED) is 0.0137. The van der Waals surface area contributed by atoms with Gasteiger partial charge in [0, 0.05) is 85.7 Å². The van der Waals surface area contributed by atoms with E-state index in [4.69, 9.17) is 28.9 Å². The van der Waals surface area contributed by atoms with Gasteiger partial charge in [-0.05, 0) is 212 Å². The van der Waals surface area contributed by atoms with Crippen LogP contribution < -0.4 is 29.6 Å². The SMILES string of the molecule is Cc1cc2nc3cc(C)c(N(CCCCCCNC(=O)c4ccc(-c5ccc(C(=O)CCCCCCCN(C(=O)OC(C)(C)C)c6cc7c(cc6C)nc6cc(C)c(NC(=O)OC(C)(C)C)cc6[n+]7-c6ccccc6)cc5)cc4)C(=O)OC(C)(C)C)cc3[n+](-c3ccccc3)c2cc1CC(=O)OC(C)(C)C. The molecular weight excluding hydrogens is 1330 g/mol. The number of nitrogens with one attached hydrogen (secondary N) is 2. The van der Waals surface area contributed by atoms with Crippen molar-refractivity contribution < 1.29 is 56.8 Å². The topological polar surface area (TPSA) is 203 Å². The maximum atomic E-state index is 14.2. The standard InChI is InChI=1S/C88H102N8O10/c1-57-48-69-75(52-65(57)53-80(98)103-85(5,6)7)95(66-32-24-22-25-33-66)77-55-73(59(3)50-71(77)90-69)94(84(102)106-88(14,15)16)47-31-21-19-29-45-89-81(99)64-43-39-62(40-44-64)61-37-41-63(42-38-61)79(97)36-28-18-17-20-30-46-93(83(101)105-87(11,12)13)74-56-78-72(51-60(74)4)91-70-49-58(2)68(92-82(100)104-86(8,9)10)54-76(70)96(78)67-34-26-23-27-35-67/h22-27,32-35,37-44,48-52,54-56H,17-21,28-31,36,45-47,53H2,1-16H3/p+2. The van der Waals surface area contributed by atoms with Crippen LogP contribution in [0.5, 0.6) is 0 Å². The van der Waals surface area contributed by atoms with Crippen molar-refractivity contribution in [3.63, 3.8) is 0 Å². The minimum atomic E-state index is -0.737. The molecule has 0 aliphatic heterocycles. The van der Waals surface area contributed by atoms with E-state index in [9.17, 15) is 28.8 Å². The van der Waals surface area contributed by atoms with Crippen LogP contribution in [0.3, 0.4) is 0 Å². The van der Waals surface area contributed by atoms with Gasteiger partial charge < -0.3 is 24.3 Å². The lowest BCUT2D eigenvalue weighted by Gasteiger charge is -2.28. The summed E-state index contributed by atoms with van der Waals surface area (Å²) in [6.45, 7) is 31.4. The van der Waals surface area contributed by atoms with Gasteiger partial charge in [-0.2, -0.15) is 0 Å². The number of benzene rings is 8. The number of ketones is 1. The Morgan fingerprint density at radius 1 is 0.415 bits per heavy atom. The zero-order chi connectivity index (χ0) is 76.4. The van der Waals surface area contributed by atoms with Gasteiger partial charge in [0.05, 0.1) is 23.5 Å². The number of anilines is 3. The van der Waals surface area contributed by atoms with Crippen LogP contribution in [-0.4, -0.2) is 87.9 Å². The van der Waals surface area contributed by atoms with Crippen LogP contribution in [0, 0.1) is 27.7 Å². The van der Waals surface area contributed by atoms with Crippen molar-refractivity contribution in [3.05, 3.63) is 197 Å². The maximum Gasteiger partial charge on any atom is 0.414 e. The van der Waals surface area contributed by atoms with Gasteiger partial charge in [0.25, 0.3) is 5.91 Å². The number of hydrogen-bond acceptors (Lipinski definition) is 12. The normalized spacial score (nSPS) is 12.0. The van der Waals surface area contributed by atoms with E-state index >= 15 is 0 Å². The van der Waals surface area contributed by atoms with Gasteiger partial charge in [-0.15, -0.1) is 9.13 Å². The smallest absolute Gasteiger partial charge is 0.414 e. The van der Waals surface area contributed by atoms with Crippen LogP contribution in [0.4, 0.5) is 31.4 Å². The Bertz CT molecular complexity index is 4570. The molecule has 10 aromatic rings. The number of aromatic nitrogens is 4. The second kappa shape index (κ2) is 33.2. The molecule has 2 heterocycles. The average Bonchev–Trinajstić information content (AvgIpc) is 0.747. The van der Waals surface area contributed by atoms with Gasteiger partial charge in [0.1, 0.15) is 44.5 Å². The molecule has 0 fully saturated rings. The van der Waals surface area contributed by atoms with E-state index in [1.54, 1.807) is 9.80 Å². The highest BCUT2D eigenvalue weighted by Crippen LogP contribution is 2.34. The third-order valence-electron chi connectivity index (χ3n) is 18.1. The molecule has 0 saturated heterocycles. The number of carbonyl (C=O) groups is 6. The van der Waals surface area contributed by atoms with Crippen molar-refractivity contribution in [2.75, 3.05) is 34.8 Å². The minimum Gasteiger partial charge on any atom is -0.460 e. The first kappa shape index (κ1) is 78.0. The van der Waals surface area contributed by atoms with Crippen molar-refractivity contribution >= 4 is 97.1 Å². The number of ether oxygens (including phenoxy) is 4. The number of amides is 4. The Morgan fingerprint density at radius 3 is 1.29 bits per heavy atom. The van der Waals surface area contributed by atoms with Crippen molar-refractivity contribution in [2.24, 2.45) is 0 Å². The molecule has 18 heteroatoms. The largest absolute Gasteiger partial charge is 0.460 e. The molecule has 106 heavy (non-hydrogen) atoms. The number of aryl methyl sites for hydroxylation is 4. The number of esters is 1. The van der Waals surface area contributed by atoms with Gasteiger partial charge in [0.15, 0.2) is 5.78 Å². The third-order valence-corrected chi connectivity index (χ3v) is 18.1. The summed E-state index contributed by atoms with van der Waals surface area (Å²) in [6, 6.07) is 51.0. The van der Waals surface area contributed by atoms with E-state index in [1.807, 2.05) is 269 Å². The number of rotatable bonds is 25. The Balaban J connectivity index is 0.707. The van der Waals surface area contributed by atoms with E-state index in [0.29, 0.717) is 67.1 Å². The second-order valence-electron chi connectivity index (χ2n) is 31.7. The number of fused-ring (bicyclic) bond motifs is 4.